The molecule has 1 aliphatic rings. The third-order valence-corrected chi connectivity index (χ3v) is 5.16. The van der Waals surface area contributed by atoms with E-state index in [4.69, 9.17) is 9.88 Å². The maximum absolute atomic E-state index is 11.3. The van der Waals surface area contributed by atoms with Crippen molar-refractivity contribution >= 4 is 26.0 Å². The Morgan fingerprint density at radius 2 is 2.00 bits per heavy atom. The number of rotatable bonds is 4. The molecule has 0 radical (unpaired) electrons. The van der Waals surface area contributed by atoms with Crippen molar-refractivity contribution in [3.8, 4) is 5.75 Å². The molecule has 6 heteroatoms. The summed E-state index contributed by atoms with van der Waals surface area (Å²) in [6.45, 7) is 0.574. The minimum absolute atomic E-state index is 0.0655. The number of sulfonamides is 1. The zero-order chi connectivity index (χ0) is 15.0. The molecule has 0 fully saturated rings. The second kappa shape index (κ2) is 5.44. The molecule has 2 aromatic carbocycles. The summed E-state index contributed by atoms with van der Waals surface area (Å²) in [5.41, 5.74) is 2.70. The first-order valence-electron chi connectivity index (χ1n) is 6.48. The van der Waals surface area contributed by atoms with E-state index in [0.29, 0.717) is 22.7 Å². The Balaban J connectivity index is 1.70. The van der Waals surface area contributed by atoms with Crippen molar-refractivity contribution in [2.45, 2.75) is 17.2 Å². The van der Waals surface area contributed by atoms with Gasteiger partial charge in [-0.15, -0.1) is 0 Å². The van der Waals surface area contributed by atoms with Crippen molar-refractivity contribution in [2.75, 3.05) is 6.61 Å². The summed E-state index contributed by atoms with van der Waals surface area (Å²) in [6, 6.07) is 12.8. The third-order valence-electron chi connectivity index (χ3n) is 3.63. The van der Waals surface area contributed by atoms with E-state index in [9.17, 15) is 8.42 Å². The molecule has 2 aromatic rings. The standard InChI is InChI=1S/C15H14BrNO3S/c16-14-8-12(21(17,18)19)5-6-15(14)20-9-11-7-10-3-1-2-4-13(10)11/h1-6,8,11H,7,9H2,(H2,17,18,19). The van der Waals surface area contributed by atoms with Crippen molar-refractivity contribution in [1.82, 2.24) is 0 Å². The van der Waals surface area contributed by atoms with Crippen LogP contribution >= 0.6 is 15.9 Å². The van der Waals surface area contributed by atoms with Crippen molar-refractivity contribution in [2.24, 2.45) is 5.14 Å². The number of benzene rings is 2. The predicted octanol–water partition coefficient (Wildman–Crippen LogP) is 2.82. The van der Waals surface area contributed by atoms with Crippen LogP contribution in [-0.2, 0) is 16.4 Å². The number of ether oxygens (including phenoxy) is 1. The summed E-state index contributed by atoms with van der Waals surface area (Å²) in [6.07, 6.45) is 1.02. The largest absolute Gasteiger partial charge is 0.492 e. The Morgan fingerprint density at radius 3 is 2.67 bits per heavy atom. The van der Waals surface area contributed by atoms with E-state index >= 15 is 0 Å². The van der Waals surface area contributed by atoms with Gasteiger partial charge >= 0.3 is 0 Å². The van der Waals surface area contributed by atoms with Gasteiger partial charge in [0.1, 0.15) is 5.75 Å². The molecule has 1 atom stereocenters. The maximum Gasteiger partial charge on any atom is 0.238 e. The number of hydrogen-bond acceptors (Lipinski definition) is 3. The molecule has 0 aromatic heterocycles. The predicted molar refractivity (Wildman–Crippen MR) is 83.9 cm³/mol. The van der Waals surface area contributed by atoms with Crippen molar-refractivity contribution < 1.29 is 13.2 Å². The van der Waals surface area contributed by atoms with Gasteiger partial charge in [-0.05, 0) is 51.7 Å². The van der Waals surface area contributed by atoms with E-state index in [1.807, 2.05) is 12.1 Å². The van der Waals surface area contributed by atoms with E-state index in [-0.39, 0.29) is 4.90 Å². The van der Waals surface area contributed by atoms with Crippen molar-refractivity contribution in [1.29, 1.82) is 0 Å². The highest BCUT2D eigenvalue weighted by atomic mass is 79.9. The fraction of sp³-hybridized carbons (Fsp3) is 0.200. The first-order valence-corrected chi connectivity index (χ1v) is 8.82. The summed E-state index contributed by atoms with van der Waals surface area (Å²) in [5.74, 6) is 1.01. The van der Waals surface area contributed by atoms with Crippen LogP contribution in [0.1, 0.15) is 17.0 Å². The molecule has 0 saturated heterocycles. The minimum atomic E-state index is -3.69. The highest BCUT2D eigenvalue weighted by molar-refractivity contribution is 9.10. The van der Waals surface area contributed by atoms with Gasteiger partial charge in [0, 0.05) is 5.92 Å². The third kappa shape index (κ3) is 2.97. The van der Waals surface area contributed by atoms with Gasteiger partial charge in [-0.25, -0.2) is 13.6 Å². The molecule has 3 rings (SSSR count). The van der Waals surface area contributed by atoms with Crippen LogP contribution in [0.2, 0.25) is 0 Å². The molecule has 1 unspecified atom stereocenters. The Bertz CT molecular complexity index is 789. The fourth-order valence-corrected chi connectivity index (χ4v) is 3.66. The molecule has 0 saturated carbocycles. The highest BCUT2D eigenvalue weighted by Gasteiger charge is 2.26. The van der Waals surface area contributed by atoms with Crippen LogP contribution in [0.5, 0.6) is 5.75 Å². The van der Waals surface area contributed by atoms with E-state index in [1.165, 1.54) is 23.3 Å². The molecule has 2 N–H and O–H groups in total. The van der Waals surface area contributed by atoms with E-state index in [2.05, 4.69) is 28.1 Å². The lowest BCUT2D eigenvalue weighted by molar-refractivity contribution is 0.273. The molecule has 1 aliphatic carbocycles. The van der Waals surface area contributed by atoms with Gasteiger partial charge in [0.25, 0.3) is 0 Å². The van der Waals surface area contributed by atoms with Gasteiger partial charge in [-0.2, -0.15) is 0 Å². The zero-order valence-electron chi connectivity index (χ0n) is 11.1. The van der Waals surface area contributed by atoms with Crippen LogP contribution in [0.4, 0.5) is 0 Å². The van der Waals surface area contributed by atoms with Gasteiger partial charge in [0.05, 0.1) is 16.0 Å². The van der Waals surface area contributed by atoms with E-state index < -0.39 is 10.0 Å². The lowest BCUT2D eigenvalue weighted by Gasteiger charge is -2.30. The average Bonchev–Trinajstić information content (AvgIpc) is 2.40. The summed E-state index contributed by atoms with van der Waals surface area (Å²) in [7, 11) is -3.69. The SMILES string of the molecule is NS(=O)(=O)c1ccc(OCC2Cc3ccccc32)c(Br)c1. The quantitative estimate of drug-likeness (QED) is 0.902. The summed E-state index contributed by atoms with van der Waals surface area (Å²) in [4.78, 5) is 0.0655. The summed E-state index contributed by atoms with van der Waals surface area (Å²) < 4.78 is 28.9. The summed E-state index contributed by atoms with van der Waals surface area (Å²) in [5, 5.41) is 5.09. The molecule has 4 nitrogen and oxygen atoms in total. The maximum atomic E-state index is 11.3. The van der Waals surface area contributed by atoms with Gasteiger partial charge in [0.15, 0.2) is 0 Å². The number of hydrogen-bond donors (Lipinski definition) is 1. The van der Waals surface area contributed by atoms with Crippen LogP contribution in [0.25, 0.3) is 0 Å². The Hall–Kier alpha value is -1.37. The van der Waals surface area contributed by atoms with Crippen LogP contribution in [-0.4, -0.2) is 15.0 Å². The normalized spacial score (nSPS) is 17.0. The average molecular weight is 368 g/mol. The van der Waals surface area contributed by atoms with Crippen LogP contribution in [0.3, 0.4) is 0 Å². The highest BCUT2D eigenvalue weighted by Crippen LogP contribution is 2.36. The zero-order valence-corrected chi connectivity index (χ0v) is 13.5. The van der Waals surface area contributed by atoms with Gasteiger partial charge < -0.3 is 4.74 Å². The lowest BCUT2D eigenvalue weighted by Crippen LogP contribution is -2.23. The number of fused-ring (bicyclic) bond motifs is 1. The number of primary sulfonamides is 1. The smallest absolute Gasteiger partial charge is 0.238 e. The molecular weight excluding hydrogens is 354 g/mol. The van der Waals surface area contributed by atoms with Gasteiger partial charge in [0.2, 0.25) is 10.0 Å². The monoisotopic (exact) mass is 367 g/mol. The molecule has 0 spiro atoms. The molecule has 0 amide bonds. The molecule has 0 aliphatic heterocycles. The van der Waals surface area contributed by atoms with Crippen LogP contribution in [0, 0.1) is 0 Å². The summed E-state index contributed by atoms with van der Waals surface area (Å²) >= 11 is 3.32. The molecule has 0 bridgehead atoms. The first-order chi connectivity index (χ1) is 9.95. The van der Waals surface area contributed by atoms with Crippen molar-refractivity contribution in [3.05, 3.63) is 58.1 Å². The lowest BCUT2D eigenvalue weighted by atomic mass is 9.78. The second-order valence-corrected chi connectivity index (χ2v) is 7.46. The number of nitrogens with two attached hydrogens (primary N) is 1. The van der Waals surface area contributed by atoms with Crippen LogP contribution in [0.15, 0.2) is 51.8 Å². The van der Waals surface area contributed by atoms with E-state index in [0.717, 1.165) is 6.42 Å². The van der Waals surface area contributed by atoms with Gasteiger partial charge in [-0.3, -0.25) is 0 Å². The van der Waals surface area contributed by atoms with E-state index in [1.54, 1.807) is 6.07 Å². The fourth-order valence-electron chi connectivity index (χ4n) is 2.48. The minimum Gasteiger partial charge on any atom is -0.492 e. The molecule has 110 valence electrons. The Kier molecular flexibility index (Phi) is 3.77. The second-order valence-electron chi connectivity index (χ2n) is 5.05. The first kappa shape index (κ1) is 14.6. The van der Waals surface area contributed by atoms with Crippen molar-refractivity contribution in [3.63, 3.8) is 0 Å². The van der Waals surface area contributed by atoms with Crippen LogP contribution < -0.4 is 9.88 Å². The Labute approximate surface area is 132 Å². The molecule has 21 heavy (non-hydrogen) atoms. The number of halogens is 1. The Morgan fingerprint density at radius 1 is 1.24 bits per heavy atom. The molecule has 0 heterocycles. The molecular formula is C15H14BrNO3S. The topological polar surface area (TPSA) is 69.4 Å². The van der Waals surface area contributed by atoms with Gasteiger partial charge in [-0.1, -0.05) is 24.3 Å².